The highest BCUT2D eigenvalue weighted by Gasteiger charge is 2.32. The molecule has 7 heteroatoms. The van der Waals surface area contributed by atoms with E-state index in [9.17, 15) is 8.42 Å². The topological polar surface area (TPSA) is 72.6 Å². The Bertz CT molecular complexity index is 785. The van der Waals surface area contributed by atoms with Crippen molar-refractivity contribution in [1.82, 2.24) is 9.29 Å². The standard InChI is InChI=1S/C16H20N2O4S/c1-21-14-5-3-4-12(8-14)9-15-10-17-16(22-15)13-6-7-18(11-13)23(2,19)20/h3-5,8,10,13H,6-7,9,11H2,1-2H3/t13-/m1/s1. The SMILES string of the molecule is COc1cccc(Cc2cnc([C@@H]3CCN(S(C)(=O)=O)C3)o2)c1. The number of aromatic nitrogens is 1. The molecule has 23 heavy (non-hydrogen) atoms. The van der Waals surface area contributed by atoms with Gasteiger partial charge >= 0.3 is 0 Å². The van der Waals surface area contributed by atoms with Crippen LogP contribution in [0.5, 0.6) is 5.75 Å². The van der Waals surface area contributed by atoms with E-state index in [0.717, 1.165) is 23.5 Å². The van der Waals surface area contributed by atoms with E-state index in [1.165, 1.54) is 10.6 Å². The van der Waals surface area contributed by atoms with E-state index in [1.54, 1.807) is 13.3 Å². The third kappa shape index (κ3) is 3.73. The highest BCUT2D eigenvalue weighted by molar-refractivity contribution is 7.88. The van der Waals surface area contributed by atoms with Crippen LogP contribution in [0.2, 0.25) is 0 Å². The summed E-state index contributed by atoms with van der Waals surface area (Å²) in [6.07, 6.45) is 4.33. The van der Waals surface area contributed by atoms with Gasteiger partial charge in [0.05, 0.1) is 25.5 Å². The third-order valence-electron chi connectivity index (χ3n) is 4.05. The lowest BCUT2D eigenvalue weighted by Gasteiger charge is -2.11. The molecule has 0 bridgehead atoms. The predicted octanol–water partition coefficient (Wildman–Crippen LogP) is 2.02. The maximum absolute atomic E-state index is 11.6. The Balaban J connectivity index is 1.69. The first kappa shape index (κ1) is 16.0. The van der Waals surface area contributed by atoms with Gasteiger partial charge < -0.3 is 9.15 Å². The van der Waals surface area contributed by atoms with Gasteiger partial charge in [-0.05, 0) is 24.1 Å². The van der Waals surface area contributed by atoms with Crippen LogP contribution in [-0.2, 0) is 16.4 Å². The van der Waals surface area contributed by atoms with Crippen molar-refractivity contribution < 1.29 is 17.6 Å². The first-order valence-corrected chi connectivity index (χ1v) is 9.33. The van der Waals surface area contributed by atoms with Crippen LogP contribution in [0.15, 0.2) is 34.9 Å². The van der Waals surface area contributed by atoms with E-state index in [2.05, 4.69) is 4.98 Å². The Hall–Kier alpha value is -1.86. The van der Waals surface area contributed by atoms with Crippen molar-refractivity contribution in [2.45, 2.75) is 18.8 Å². The van der Waals surface area contributed by atoms with Crippen LogP contribution in [0.3, 0.4) is 0 Å². The maximum atomic E-state index is 11.6. The van der Waals surface area contributed by atoms with E-state index in [-0.39, 0.29) is 5.92 Å². The van der Waals surface area contributed by atoms with Gasteiger partial charge in [-0.3, -0.25) is 0 Å². The van der Waals surface area contributed by atoms with Gasteiger partial charge in [-0.2, -0.15) is 0 Å². The Kier molecular flexibility index (Phi) is 4.41. The molecule has 2 aromatic rings. The van der Waals surface area contributed by atoms with Crippen molar-refractivity contribution in [3.05, 3.63) is 47.7 Å². The second kappa shape index (κ2) is 6.33. The fourth-order valence-corrected chi connectivity index (χ4v) is 3.70. The van der Waals surface area contributed by atoms with Crippen LogP contribution in [-0.4, -0.2) is 44.2 Å². The monoisotopic (exact) mass is 336 g/mol. The van der Waals surface area contributed by atoms with Crippen molar-refractivity contribution in [2.75, 3.05) is 26.5 Å². The van der Waals surface area contributed by atoms with Crippen molar-refractivity contribution in [1.29, 1.82) is 0 Å². The minimum absolute atomic E-state index is 0.0313. The molecule has 1 fully saturated rings. The van der Waals surface area contributed by atoms with Gasteiger partial charge in [0.1, 0.15) is 11.5 Å². The lowest BCUT2D eigenvalue weighted by Crippen LogP contribution is -2.27. The molecule has 1 aliphatic heterocycles. The molecular formula is C16H20N2O4S. The van der Waals surface area contributed by atoms with E-state index < -0.39 is 10.0 Å². The van der Waals surface area contributed by atoms with Gasteiger partial charge in [0.25, 0.3) is 0 Å². The molecule has 0 unspecified atom stereocenters. The van der Waals surface area contributed by atoms with Gasteiger partial charge in [0.2, 0.25) is 10.0 Å². The molecule has 0 saturated carbocycles. The molecule has 124 valence electrons. The number of oxazole rings is 1. The molecule has 0 radical (unpaired) electrons. The summed E-state index contributed by atoms with van der Waals surface area (Å²) in [5, 5.41) is 0. The molecular weight excluding hydrogens is 316 g/mol. The van der Waals surface area contributed by atoms with Gasteiger partial charge in [-0.25, -0.2) is 17.7 Å². The largest absolute Gasteiger partial charge is 0.497 e. The Labute approximate surface area is 136 Å². The molecule has 1 aromatic carbocycles. The third-order valence-corrected chi connectivity index (χ3v) is 5.32. The Morgan fingerprint density at radius 1 is 1.43 bits per heavy atom. The van der Waals surface area contributed by atoms with Crippen LogP contribution in [0.1, 0.15) is 29.6 Å². The van der Waals surface area contributed by atoms with Crippen molar-refractivity contribution >= 4 is 10.0 Å². The Morgan fingerprint density at radius 3 is 2.96 bits per heavy atom. The number of nitrogens with zero attached hydrogens (tertiary/aromatic N) is 2. The molecule has 0 N–H and O–H groups in total. The number of benzene rings is 1. The van der Waals surface area contributed by atoms with Crippen molar-refractivity contribution in [2.24, 2.45) is 0 Å². The number of hydrogen-bond acceptors (Lipinski definition) is 5. The molecule has 1 atom stereocenters. The van der Waals surface area contributed by atoms with Crippen LogP contribution >= 0.6 is 0 Å². The smallest absolute Gasteiger partial charge is 0.211 e. The molecule has 1 saturated heterocycles. The summed E-state index contributed by atoms with van der Waals surface area (Å²) in [5.74, 6) is 2.23. The molecule has 0 amide bonds. The molecule has 0 aliphatic carbocycles. The highest BCUT2D eigenvalue weighted by Crippen LogP contribution is 2.28. The van der Waals surface area contributed by atoms with E-state index in [4.69, 9.17) is 9.15 Å². The van der Waals surface area contributed by atoms with E-state index in [0.29, 0.717) is 25.4 Å². The molecule has 2 heterocycles. The molecule has 1 aliphatic rings. The fraction of sp³-hybridized carbons (Fsp3) is 0.438. The van der Waals surface area contributed by atoms with Crippen LogP contribution in [0.4, 0.5) is 0 Å². The zero-order valence-corrected chi connectivity index (χ0v) is 14.0. The summed E-state index contributed by atoms with van der Waals surface area (Å²) >= 11 is 0. The first-order chi connectivity index (χ1) is 11.0. The molecule has 6 nitrogen and oxygen atoms in total. The number of rotatable bonds is 5. The normalized spacial score (nSPS) is 19.1. The van der Waals surface area contributed by atoms with Crippen LogP contribution in [0.25, 0.3) is 0 Å². The van der Waals surface area contributed by atoms with Crippen LogP contribution in [0, 0.1) is 0 Å². The fourth-order valence-electron chi connectivity index (χ4n) is 2.81. The summed E-state index contributed by atoms with van der Waals surface area (Å²) in [6, 6.07) is 7.80. The van der Waals surface area contributed by atoms with Gasteiger partial charge in [0.15, 0.2) is 5.89 Å². The Morgan fingerprint density at radius 2 is 2.26 bits per heavy atom. The number of methoxy groups -OCH3 is 1. The van der Waals surface area contributed by atoms with Gasteiger partial charge in [0, 0.05) is 19.5 Å². The quantitative estimate of drug-likeness (QED) is 0.835. The second-order valence-electron chi connectivity index (χ2n) is 5.80. The second-order valence-corrected chi connectivity index (χ2v) is 7.78. The summed E-state index contributed by atoms with van der Waals surface area (Å²) < 4.78 is 35.7. The van der Waals surface area contributed by atoms with Crippen molar-refractivity contribution in [3.63, 3.8) is 0 Å². The van der Waals surface area contributed by atoms with E-state index in [1.807, 2.05) is 24.3 Å². The highest BCUT2D eigenvalue weighted by atomic mass is 32.2. The molecule has 1 aromatic heterocycles. The minimum atomic E-state index is -3.14. The summed E-state index contributed by atoms with van der Waals surface area (Å²) in [7, 11) is -1.50. The summed E-state index contributed by atoms with van der Waals surface area (Å²) in [5.41, 5.74) is 1.08. The number of hydrogen-bond donors (Lipinski definition) is 0. The average Bonchev–Trinajstić information content (AvgIpc) is 3.15. The summed E-state index contributed by atoms with van der Waals surface area (Å²) in [4.78, 5) is 4.33. The minimum Gasteiger partial charge on any atom is -0.497 e. The maximum Gasteiger partial charge on any atom is 0.211 e. The zero-order valence-electron chi connectivity index (χ0n) is 13.2. The lowest BCUT2D eigenvalue weighted by molar-refractivity contribution is 0.412. The molecule has 0 spiro atoms. The van der Waals surface area contributed by atoms with Crippen LogP contribution < -0.4 is 4.74 Å². The zero-order chi connectivity index (χ0) is 16.4. The van der Waals surface area contributed by atoms with Gasteiger partial charge in [-0.1, -0.05) is 12.1 Å². The average molecular weight is 336 g/mol. The summed E-state index contributed by atoms with van der Waals surface area (Å²) in [6.45, 7) is 0.967. The van der Waals surface area contributed by atoms with E-state index >= 15 is 0 Å². The van der Waals surface area contributed by atoms with Gasteiger partial charge in [-0.15, -0.1) is 0 Å². The van der Waals surface area contributed by atoms with Crippen molar-refractivity contribution in [3.8, 4) is 5.75 Å². The number of ether oxygens (including phenoxy) is 1. The lowest BCUT2D eigenvalue weighted by atomic mass is 10.1. The predicted molar refractivity (Wildman–Crippen MR) is 86.1 cm³/mol. The first-order valence-electron chi connectivity index (χ1n) is 7.48. The molecule has 3 rings (SSSR count). The number of sulfonamides is 1.